The highest BCUT2D eigenvalue weighted by Crippen LogP contribution is 2.19. The number of aromatic carboxylic acids is 1. The molecule has 0 amide bonds. The number of furan rings is 1. The summed E-state index contributed by atoms with van der Waals surface area (Å²) >= 11 is 0. The van der Waals surface area contributed by atoms with Gasteiger partial charge in [0.15, 0.2) is 0 Å². The zero-order valence-electron chi connectivity index (χ0n) is 11.4. The van der Waals surface area contributed by atoms with E-state index in [0.717, 1.165) is 17.5 Å². The predicted molar refractivity (Wildman–Crippen MR) is 77.7 cm³/mol. The molecule has 2 heterocycles. The van der Waals surface area contributed by atoms with Crippen LogP contribution in [0.3, 0.4) is 0 Å². The molecular weight excluding hydrogens is 270 g/mol. The number of carbonyl (C=O) groups is 1. The number of hydrogen-bond acceptors (Lipinski definition) is 3. The maximum absolute atomic E-state index is 12.6. The number of nitrogens with zero attached hydrogens (tertiary/aromatic N) is 1. The molecule has 3 aromatic rings. The molecule has 0 atom stereocenters. The lowest BCUT2D eigenvalue weighted by Gasteiger charge is -2.10. The largest absolute Gasteiger partial charge is 0.478 e. The van der Waals surface area contributed by atoms with Crippen LogP contribution in [0.1, 0.15) is 21.6 Å². The van der Waals surface area contributed by atoms with E-state index < -0.39 is 5.97 Å². The van der Waals surface area contributed by atoms with E-state index in [9.17, 15) is 9.59 Å². The molecule has 3 rings (SSSR count). The maximum Gasteiger partial charge on any atom is 0.339 e. The smallest absolute Gasteiger partial charge is 0.339 e. The summed E-state index contributed by atoms with van der Waals surface area (Å²) in [5, 5.41) is 9.25. The Morgan fingerprint density at radius 3 is 2.67 bits per heavy atom. The molecule has 1 aromatic carbocycles. The van der Waals surface area contributed by atoms with Crippen molar-refractivity contribution in [1.29, 1.82) is 0 Å². The van der Waals surface area contributed by atoms with Crippen LogP contribution in [0.25, 0.3) is 11.0 Å². The van der Waals surface area contributed by atoms with Gasteiger partial charge >= 0.3 is 5.97 Å². The molecule has 0 radical (unpaired) electrons. The van der Waals surface area contributed by atoms with Crippen LogP contribution < -0.4 is 5.56 Å². The highest BCUT2D eigenvalue weighted by atomic mass is 16.4. The highest BCUT2D eigenvalue weighted by Gasteiger charge is 2.18. The van der Waals surface area contributed by atoms with Crippen LogP contribution >= 0.6 is 0 Å². The van der Waals surface area contributed by atoms with Gasteiger partial charge in [-0.3, -0.25) is 4.79 Å². The molecule has 0 aliphatic carbocycles. The zero-order chi connectivity index (χ0) is 15.0. The first-order valence-corrected chi connectivity index (χ1v) is 6.47. The van der Waals surface area contributed by atoms with E-state index in [4.69, 9.17) is 9.52 Å². The molecule has 2 aromatic heterocycles. The van der Waals surface area contributed by atoms with Gasteiger partial charge < -0.3 is 14.1 Å². The van der Waals surface area contributed by atoms with Gasteiger partial charge in [-0.05, 0) is 12.5 Å². The Morgan fingerprint density at radius 1 is 1.29 bits per heavy atom. The van der Waals surface area contributed by atoms with Crippen LogP contribution in [-0.4, -0.2) is 15.6 Å². The van der Waals surface area contributed by atoms with Crippen molar-refractivity contribution in [2.45, 2.75) is 13.5 Å². The Labute approximate surface area is 120 Å². The molecule has 0 unspecified atom stereocenters. The number of aryl methyl sites for hydroxylation is 1. The summed E-state index contributed by atoms with van der Waals surface area (Å²) in [6.45, 7) is 2.19. The summed E-state index contributed by atoms with van der Waals surface area (Å²) in [7, 11) is 0. The highest BCUT2D eigenvalue weighted by molar-refractivity contribution is 6.01. The quantitative estimate of drug-likeness (QED) is 0.802. The second-order valence-electron chi connectivity index (χ2n) is 4.86. The first kappa shape index (κ1) is 13.2. The minimum absolute atomic E-state index is 0.100. The fraction of sp³-hybridized carbons (Fsp3) is 0.125. The first-order chi connectivity index (χ1) is 10.1. The summed E-state index contributed by atoms with van der Waals surface area (Å²) in [4.78, 5) is 23.8. The van der Waals surface area contributed by atoms with Gasteiger partial charge in [-0.1, -0.05) is 30.3 Å². The number of rotatable bonds is 3. The van der Waals surface area contributed by atoms with Crippen molar-refractivity contribution in [2.24, 2.45) is 0 Å². The monoisotopic (exact) mass is 283 g/mol. The standard InChI is InChI=1S/C16H13NO4/c1-10-7-13-14(12(9-21-13)16(19)20)15(18)17(10)8-11-5-3-2-4-6-11/h2-7,9H,8H2,1H3,(H,19,20). The molecule has 1 N–H and O–H groups in total. The fourth-order valence-corrected chi connectivity index (χ4v) is 2.38. The topological polar surface area (TPSA) is 72.4 Å². The summed E-state index contributed by atoms with van der Waals surface area (Å²) in [6, 6.07) is 11.2. The number of carboxylic acid groups (broad SMARTS) is 1. The average molecular weight is 283 g/mol. The van der Waals surface area contributed by atoms with Crippen molar-refractivity contribution >= 4 is 16.9 Å². The van der Waals surface area contributed by atoms with Gasteiger partial charge in [-0.15, -0.1) is 0 Å². The molecule has 0 spiro atoms. The van der Waals surface area contributed by atoms with Gasteiger partial charge in [0.1, 0.15) is 22.8 Å². The van der Waals surface area contributed by atoms with Crippen LogP contribution in [-0.2, 0) is 6.54 Å². The molecule has 21 heavy (non-hydrogen) atoms. The Hall–Kier alpha value is -2.82. The third-order valence-electron chi connectivity index (χ3n) is 3.46. The SMILES string of the molecule is Cc1cc2occ(C(=O)O)c2c(=O)n1Cc1ccccc1. The van der Waals surface area contributed by atoms with Gasteiger partial charge in [-0.25, -0.2) is 4.79 Å². The molecule has 0 saturated carbocycles. The van der Waals surface area contributed by atoms with E-state index in [2.05, 4.69) is 0 Å². The Kier molecular flexibility index (Phi) is 3.10. The van der Waals surface area contributed by atoms with Crippen LogP contribution in [0.15, 0.2) is 51.9 Å². The number of fused-ring (bicyclic) bond motifs is 1. The summed E-state index contributed by atoms with van der Waals surface area (Å²) in [6.07, 6.45) is 1.11. The van der Waals surface area contributed by atoms with E-state index in [-0.39, 0.29) is 16.5 Å². The Balaban J connectivity index is 2.21. The van der Waals surface area contributed by atoms with E-state index in [1.807, 2.05) is 30.3 Å². The van der Waals surface area contributed by atoms with Crippen molar-refractivity contribution in [3.05, 3.63) is 69.8 Å². The Bertz CT molecular complexity index is 874. The van der Waals surface area contributed by atoms with Crippen molar-refractivity contribution in [1.82, 2.24) is 4.57 Å². The molecule has 0 fully saturated rings. The summed E-state index contributed by atoms with van der Waals surface area (Å²) in [5.74, 6) is -1.17. The summed E-state index contributed by atoms with van der Waals surface area (Å²) in [5.41, 5.74) is 1.56. The number of aromatic nitrogens is 1. The maximum atomic E-state index is 12.6. The third kappa shape index (κ3) is 2.23. The molecule has 5 nitrogen and oxygen atoms in total. The van der Waals surface area contributed by atoms with Crippen LogP contribution in [0, 0.1) is 6.92 Å². The normalized spacial score (nSPS) is 10.9. The minimum atomic E-state index is -1.17. The lowest BCUT2D eigenvalue weighted by molar-refractivity contribution is 0.0698. The lowest BCUT2D eigenvalue weighted by Crippen LogP contribution is -2.23. The van der Waals surface area contributed by atoms with Crippen molar-refractivity contribution in [2.75, 3.05) is 0 Å². The summed E-state index contributed by atoms with van der Waals surface area (Å²) < 4.78 is 6.74. The average Bonchev–Trinajstić information content (AvgIpc) is 2.88. The molecule has 0 saturated heterocycles. The van der Waals surface area contributed by atoms with Gasteiger partial charge in [0, 0.05) is 11.8 Å². The van der Waals surface area contributed by atoms with Gasteiger partial charge in [-0.2, -0.15) is 0 Å². The first-order valence-electron chi connectivity index (χ1n) is 6.47. The van der Waals surface area contributed by atoms with E-state index in [0.29, 0.717) is 12.1 Å². The fourth-order valence-electron chi connectivity index (χ4n) is 2.38. The van der Waals surface area contributed by atoms with Crippen molar-refractivity contribution in [3.63, 3.8) is 0 Å². The molecule has 0 bridgehead atoms. The van der Waals surface area contributed by atoms with Crippen LogP contribution in [0.5, 0.6) is 0 Å². The van der Waals surface area contributed by atoms with E-state index >= 15 is 0 Å². The second kappa shape index (κ2) is 4.94. The second-order valence-corrected chi connectivity index (χ2v) is 4.86. The van der Waals surface area contributed by atoms with Gasteiger partial charge in [0.05, 0.1) is 6.54 Å². The molecule has 0 aliphatic rings. The van der Waals surface area contributed by atoms with E-state index in [1.54, 1.807) is 17.6 Å². The molecular formula is C16H13NO4. The lowest BCUT2D eigenvalue weighted by atomic mass is 10.1. The number of pyridine rings is 1. The molecule has 0 aliphatic heterocycles. The molecule has 5 heteroatoms. The number of carboxylic acids is 1. The molecule has 106 valence electrons. The van der Waals surface area contributed by atoms with Gasteiger partial charge in [0.25, 0.3) is 5.56 Å². The number of hydrogen-bond donors (Lipinski definition) is 1. The van der Waals surface area contributed by atoms with Crippen molar-refractivity contribution in [3.8, 4) is 0 Å². The minimum Gasteiger partial charge on any atom is -0.478 e. The Morgan fingerprint density at radius 2 is 2.00 bits per heavy atom. The van der Waals surface area contributed by atoms with Gasteiger partial charge in [0.2, 0.25) is 0 Å². The van der Waals surface area contributed by atoms with Crippen LogP contribution in [0.4, 0.5) is 0 Å². The number of benzene rings is 1. The third-order valence-corrected chi connectivity index (χ3v) is 3.46. The van der Waals surface area contributed by atoms with E-state index in [1.165, 1.54) is 0 Å². The van der Waals surface area contributed by atoms with Crippen molar-refractivity contribution < 1.29 is 14.3 Å². The van der Waals surface area contributed by atoms with Crippen LogP contribution in [0.2, 0.25) is 0 Å². The zero-order valence-corrected chi connectivity index (χ0v) is 11.4. The predicted octanol–water partition coefficient (Wildman–Crippen LogP) is 2.65.